The van der Waals surface area contributed by atoms with E-state index in [-0.39, 0.29) is 5.91 Å². The van der Waals surface area contributed by atoms with Crippen LogP contribution in [0.1, 0.15) is 27.2 Å². The minimum Gasteiger partial charge on any atom is -0.467 e. The van der Waals surface area contributed by atoms with Gasteiger partial charge in [-0.25, -0.2) is 4.98 Å². The molecule has 6 heteroatoms. The summed E-state index contributed by atoms with van der Waals surface area (Å²) >= 11 is 3.16. The van der Waals surface area contributed by atoms with Crippen LogP contribution in [-0.4, -0.2) is 17.1 Å². The first-order valence-electron chi connectivity index (χ1n) is 8.91. The van der Waals surface area contributed by atoms with Crippen molar-refractivity contribution in [3.63, 3.8) is 0 Å². The molecule has 4 nitrogen and oxygen atoms in total. The van der Waals surface area contributed by atoms with Crippen LogP contribution in [0.25, 0.3) is 10.2 Å². The van der Waals surface area contributed by atoms with Crippen molar-refractivity contribution in [2.75, 3.05) is 11.2 Å². The Morgan fingerprint density at radius 1 is 1.18 bits per heavy atom. The molecule has 0 aliphatic rings. The van der Waals surface area contributed by atoms with Crippen LogP contribution in [0.4, 0.5) is 5.13 Å². The molecule has 0 bridgehead atoms. The van der Waals surface area contributed by atoms with E-state index in [4.69, 9.17) is 9.40 Å². The molecule has 2 heterocycles. The highest BCUT2D eigenvalue weighted by atomic mass is 32.2. The van der Waals surface area contributed by atoms with Crippen molar-refractivity contribution < 1.29 is 9.21 Å². The van der Waals surface area contributed by atoms with Gasteiger partial charge in [-0.3, -0.25) is 9.69 Å². The van der Waals surface area contributed by atoms with Gasteiger partial charge in [0, 0.05) is 10.5 Å². The van der Waals surface area contributed by atoms with E-state index >= 15 is 0 Å². The number of aryl methyl sites for hydroxylation is 2. The van der Waals surface area contributed by atoms with Crippen molar-refractivity contribution in [1.29, 1.82) is 0 Å². The highest BCUT2D eigenvalue weighted by molar-refractivity contribution is 7.98. The van der Waals surface area contributed by atoms with E-state index in [1.54, 1.807) is 34.3 Å². The molecule has 0 aliphatic carbocycles. The number of thiazole rings is 1. The number of carbonyl (C=O) groups excluding carboxylic acids is 1. The summed E-state index contributed by atoms with van der Waals surface area (Å²) in [5.41, 5.74) is 3.91. The molecule has 0 atom stereocenters. The first-order valence-corrected chi connectivity index (χ1v) is 11.0. The van der Waals surface area contributed by atoms with Gasteiger partial charge in [-0.05, 0) is 67.6 Å². The van der Waals surface area contributed by atoms with Crippen molar-refractivity contribution in [1.82, 2.24) is 4.98 Å². The van der Waals surface area contributed by atoms with Crippen LogP contribution in [0.3, 0.4) is 0 Å². The van der Waals surface area contributed by atoms with Crippen LogP contribution in [0.2, 0.25) is 0 Å². The van der Waals surface area contributed by atoms with Crippen molar-refractivity contribution in [2.24, 2.45) is 0 Å². The Balaban J connectivity index is 1.79. The zero-order valence-corrected chi connectivity index (χ0v) is 17.6. The fourth-order valence-electron chi connectivity index (χ4n) is 3.18. The molecule has 1 amide bonds. The molecule has 4 rings (SSSR count). The van der Waals surface area contributed by atoms with E-state index in [0.29, 0.717) is 17.2 Å². The lowest BCUT2D eigenvalue weighted by molar-refractivity contribution is 0.0983. The average Bonchev–Trinajstić information content (AvgIpc) is 3.35. The molecule has 2 aromatic heterocycles. The Bertz CT molecular complexity index is 1130. The van der Waals surface area contributed by atoms with Gasteiger partial charge in [-0.15, -0.1) is 11.8 Å². The molecule has 28 heavy (non-hydrogen) atoms. The van der Waals surface area contributed by atoms with Gasteiger partial charge in [0.2, 0.25) is 0 Å². The lowest BCUT2D eigenvalue weighted by Crippen LogP contribution is -2.30. The normalized spacial score (nSPS) is 11.1. The van der Waals surface area contributed by atoms with Gasteiger partial charge in [0.1, 0.15) is 5.76 Å². The summed E-state index contributed by atoms with van der Waals surface area (Å²) in [4.78, 5) is 21.0. The standard InChI is InChI=1S/C22H20N2O2S2/c1-14-10-15(2)20-19(11-14)23-22(28-20)24(13-17-7-5-9-26-17)21(25)16-6-4-8-18(12-16)27-3/h4-12H,13H2,1-3H3. The Labute approximate surface area is 172 Å². The Hall–Kier alpha value is -2.57. The summed E-state index contributed by atoms with van der Waals surface area (Å²) < 4.78 is 6.62. The summed E-state index contributed by atoms with van der Waals surface area (Å²) in [6.45, 7) is 4.48. The maximum atomic E-state index is 13.4. The number of hydrogen-bond donors (Lipinski definition) is 0. The molecular formula is C22H20N2O2S2. The third-order valence-electron chi connectivity index (χ3n) is 4.50. The second-order valence-corrected chi connectivity index (χ2v) is 8.49. The number of fused-ring (bicyclic) bond motifs is 1. The van der Waals surface area contributed by atoms with Crippen molar-refractivity contribution in [2.45, 2.75) is 25.3 Å². The number of hydrogen-bond acceptors (Lipinski definition) is 5. The molecule has 0 radical (unpaired) electrons. The van der Waals surface area contributed by atoms with Crippen LogP contribution >= 0.6 is 23.1 Å². The second kappa shape index (κ2) is 7.81. The third kappa shape index (κ3) is 3.70. The van der Waals surface area contributed by atoms with E-state index in [0.717, 1.165) is 20.9 Å². The zero-order chi connectivity index (χ0) is 19.7. The SMILES string of the molecule is CSc1cccc(C(=O)N(Cc2ccco2)c2nc3cc(C)cc(C)c3s2)c1. The van der Waals surface area contributed by atoms with E-state index in [9.17, 15) is 4.79 Å². The van der Waals surface area contributed by atoms with Crippen molar-refractivity contribution in [3.05, 3.63) is 77.2 Å². The number of amides is 1. The molecule has 0 saturated heterocycles. The molecule has 0 spiro atoms. The lowest BCUT2D eigenvalue weighted by Gasteiger charge is -2.19. The zero-order valence-electron chi connectivity index (χ0n) is 15.9. The van der Waals surface area contributed by atoms with Crippen LogP contribution in [-0.2, 0) is 6.54 Å². The topological polar surface area (TPSA) is 46.3 Å². The molecule has 2 aromatic carbocycles. The first kappa shape index (κ1) is 18.8. The Morgan fingerprint density at radius 2 is 2.04 bits per heavy atom. The summed E-state index contributed by atoms with van der Waals surface area (Å²) in [5.74, 6) is 0.641. The highest BCUT2D eigenvalue weighted by Gasteiger charge is 2.23. The summed E-state index contributed by atoms with van der Waals surface area (Å²) in [5, 5.41) is 0.680. The Kier molecular flexibility index (Phi) is 5.24. The van der Waals surface area contributed by atoms with Crippen molar-refractivity contribution in [3.8, 4) is 0 Å². The predicted molar refractivity (Wildman–Crippen MR) is 117 cm³/mol. The molecule has 0 unspecified atom stereocenters. The van der Waals surface area contributed by atoms with E-state index in [1.165, 1.54) is 11.1 Å². The molecule has 4 aromatic rings. The van der Waals surface area contributed by atoms with Crippen LogP contribution in [0, 0.1) is 13.8 Å². The van der Waals surface area contributed by atoms with Gasteiger partial charge >= 0.3 is 0 Å². The highest BCUT2D eigenvalue weighted by Crippen LogP contribution is 2.34. The number of aromatic nitrogens is 1. The summed E-state index contributed by atoms with van der Waals surface area (Å²) in [6.07, 6.45) is 3.63. The molecule has 0 aliphatic heterocycles. The fraction of sp³-hybridized carbons (Fsp3) is 0.182. The number of benzene rings is 2. The second-order valence-electron chi connectivity index (χ2n) is 6.63. The predicted octanol–water partition coefficient (Wildman–Crippen LogP) is 6.08. The number of nitrogens with zero attached hydrogens (tertiary/aromatic N) is 2. The van der Waals surface area contributed by atoms with E-state index < -0.39 is 0 Å². The van der Waals surface area contributed by atoms with Gasteiger partial charge in [0.05, 0.1) is 23.0 Å². The minimum absolute atomic E-state index is 0.0827. The summed E-state index contributed by atoms with van der Waals surface area (Å²) in [6, 6.07) is 15.6. The fourth-order valence-corrected chi connectivity index (χ4v) is 4.65. The molecule has 0 fully saturated rings. The van der Waals surface area contributed by atoms with Crippen LogP contribution < -0.4 is 4.90 Å². The van der Waals surface area contributed by atoms with Crippen molar-refractivity contribution >= 4 is 44.4 Å². The minimum atomic E-state index is -0.0827. The molecular weight excluding hydrogens is 388 g/mol. The monoisotopic (exact) mass is 408 g/mol. The van der Waals surface area contributed by atoms with Gasteiger partial charge in [-0.2, -0.15) is 0 Å². The number of thioether (sulfide) groups is 1. The maximum Gasteiger partial charge on any atom is 0.260 e. The quantitative estimate of drug-likeness (QED) is 0.376. The van der Waals surface area contributed by atoms with E-state index in [2.05, 4.69) is 26.0 Å². The maximum absolute atomic E-state index is 13.4. The third-order valence-corrected chi connectivity index (χ3v) is 6.45. The lowest BCUT2D eigenvalue weighted by atomic mass is 10.1. The number of furan rings is 1. The number of carbonyl (C=O) groups is 1. The summed E-state index contributed by atoms with van der Waals surface area (Å²) in [7, 11) is 0. The molecule has 0 N–H and O–H groups in total. The largest absolute Gasteiger partial charge is 0.467 e. The molecule has 0 saturated carbocycles. The van der Waals surface area contributed by atoms with Gasteiger partial charge < -0.3 is 4.42 Å². The number of anilines is 1. The number of rotatable bonds is 5. The van der Waals surface area contributed by atoms with Crippen LogP contribution in [0.5, 0.6) is 0 Å². The van der Waals surface area contributed by atoms with Crippen LogP contribution in [0.15, 0.2) is 64.1 Å². The van der Waals surface area contributed by atoms with Gasteiger partial charge in [-0.1, -0.05) is 23.5 Å². The molecule has 142 valence electrons. The van der Waals surface area contributed by atoms with Gasteiger partial charge in [0.25, 0.3) is 5.91 Å². The average molecular weight is 409 g/mol. The smallest absolute Gasteiger partial charge is 0.260 e. The van der Waals surface area contributed by atoms with E-state index in [1.807, 2.05) is 42.7 Å². The first-order chi connectivity index (χ1) is 13.5. The Morgan fingerprint density at radius 3 is 2.79 bits per heavy atom. The van der Waals surface area contributed by atoms with Gasteiger partial charge in [0.15, 0.2) is 5.13 Å².